The first-order valence-corrected chi connectivity index (χ1v) is 6.10. The Morgan fingerprint density at radius 2 is 2.31 bits per heavy atom. The van der Waals surface area contributed by atoms with Crippen LogP contribution in [0.15, 0.2) is 18.2 Å². The normalized spacial score (nSPS) is 20.3. The minimum absolute atomic E-state index is 0.258. The summed E-state index contributed by atoms with van der Waals surface area (Å²) in [5.41, 5.74) is 2.61. The SMILES string of the molecule is CCC(CO)CC1Cc2cc(C)ccc2O1. The molecular weight excluding hydrogens is 200 g/mol. The van der Waals surface area contributed by atoms with E-state index in [-0.39, 0.29) is 12.7 Å². The Morgan fingerprint density at radius 3 is 3.00 bits per heavy atom. The number of benzene rings is 1. The van der Waals surface area contributed by atoms with E-state index < -0.39 is 0 Å². The van der Waals surface area contributed by atoms with Crippen molar-refractivity contribution in [2.75, 3.05) is 6.61 Å². The van der Waals surface area contributed by atoms with Crippen molar-refractivity contribution in [1.29, 1.82) is 0 Å². The summed E-state index contributed by atoms with van der Waals surface area (Å²) < 4.78 is 5.88. The average molecular weight is 220 g/mol. The molecule has 0 fully saturated rings. The smallest absolute Gasteiger partial charge is 0.123 e. The Hall–Kier alpha value is -1.02. The second-order valence-electron chi connectivity index (χ2n) is 4.75. The highest BCUT2D eigenvalue weighted by molar-refractivity contribution is 5.40. The number of aliphatic hydroxyl groups is 1. The van der Waals surface area contributed by atoms with Crippen LogP contribution < -0.4 is 4.74 Å². The zero-order valence-corrected chi connectivity index (χ0v) is 10.1. The Balaban J connectivity index is 2.00. The van der Waals surface area contributed by atoms with Crippen molar-refractivity contribution in [2.45, 2.75) is 39.2 Å². The van der Waals surface area contributed by atoms with Gasteiger partial charge in [0, 0.05) is 13.0 Å². The Labute approximate surface area is 97.3 Å². The molecule has 1 aliphatic heterocycles. The number of fused-ring (bicyclic) bond motifs is 1. The summed E-state index contributed by atoms with van der Waals surface area (Å²) in [4.78, 5) is 0. The van der Waals surface area contributed by atoms with Crippen LogP contribution in [0.4, 0.5) is 0 Å². The maximum atomic E-state index is 9.19. The molecule has 16 heavy (non-hydrogen) atoms. The van der Waals surface area contributed by atoms with Crippen molar-refractivity contribution >= 4 is 0 Å². The van der Waals surface area contributed by atoms with E-state index >= 15 is 0 Å². The molecule has 2 nitrogen and oxygen atoms in total. The maximum Gasteiger partial charge on any atom is 0.123 e. The fraction of sp³-hybridized carbons (Fsp3) is 0.571. The van der Waals surface area contributed by atoms with Crippen LogP contribution in [0.3, 0.4) is 0 Å². The highest BCUT2D eigenvalue weighted by Gasteiger charge is 2.24. The number of rotatable bonds is 4. The van der Waals surface area contributed by atoms with E-state index in [1.807, 2.05) is 0 Å². The zero-order valence-electron chi connectivity index (χ0n) is 10.1. The van der Waals surface area contributed by atoms with Crippen LogP contribution in [0.1, 0.15) is 30.9 Å². The van der Waals surface area contributed by atoms with Gasteiger partial charge < -0.3 is 9.84 Å². The van der Waals surface area contributed by atoms with E-state index in [9.17, 15) is 5.11 Å². The van der Waals surface area contributed by atoms with E-state index in [2.05, 4.69) is 32.0 Å². The standard InChI is InChI=1S/C14H20O2/c1-3-11(9-15)7-13-8-12-6-10(2)4-5-14(12)16-13/h4-6,11,13,15H,3,7-9H2,1-2H3. The summed E-state index contributed by atoms with van der Waals surface area (Å²) in [5.74, 6) is 1.41. The third kappa shape index (κ3) is 2.38. The van der Waals surface area contributed by atoms with Crippen molar-refractivity contribution in [3.8, 4) is 5.75 Å². The molecule has 2 heteroatoms. The van der Waals surface area contributed by atoms with Gasteiger partial charge in [-0.3, -0.25) is 0 Å². The summed E-state index contributed by atoms with van der Waals surface area (Å²) >= 11 is 0. The highest BCUT2D eigenvalue weighted by Crippen LogP contribution is 2.32. The van der Waals surface area contributed by atoms with E-state index in [0.29, 0.717) is 5.92 Å². The maximum absolute atomic E-state index is 9.19. The van der Waals surface area contributed by atoms with Gasteiger partial charge in [0.2, 0.25) is 0 Å². The molecule has 1 aromatic carbocycles. The third-order valence-corrected chi connectivity index (χ3v) is 3.39. The molecule has 0 aliphatic carbocycles. The first-order valence-electron chi connectivity index (χ1n) is 6.10. The average Bonchev–Trinajstić information content (AvgIpc) is 2.67. The number of aryl methyl sites for hydroxylation is 1. The lowest BCUT2D eigenvalue weighted by Gasteiger charge is -2.16. The topological polar surface area (TPSA) is 29.5 Å². The van der Waals surface area contributed by atoms with Gasteiger partial charge in [-0.05, 0) is 30.9 Å². The molecule has 0 saturated heterocycles. The number of hydrogen-bond acceptors (Lipinski definition) is 2. The zero-order chi connectivity index (χ0) is 11.5. The van der Waals surface area contributed by atoms with Crippen LogP contribution in [0.5, 0.6) is 5.75 Å². The predicted molar refractivity (Wildman–Crippen MR) is 64.8 cm³/mol. The molecule has 88 valence electrons. The molecule has 0 radical (unpaired) electrons. The van der Waals surface area contributed by atoms with Crippen molar-refractivity contribution in [3.05, 3.63) is 29.3 Å². The number of hydrogen-bond donors (Lipinski definition) is 1. The fourth-order valence-electron chi connectivity index (χ4n) is 2.32. The minimum atomic E-state index is 0.258. The van der Waals surface area contributed by atoms with Gasteiger partial charge in [-0.2, -0.15) is 0 Å². The van der Waals surface area contributed by atoms with E-state index in [4.69, 9.17) is 4.74 Å². The van der Waals surface area contributed by atoms with Crippen LogP contribution in [-0.2, 0) is 6.42 Å². The molecule has 2 unspecified atom stereocenters. The van der Waals surface area contributed by atoms with Crippen molar-refractivity contribution in [3.63, 3.8) is 0 Å². The van der Waals surface area contributed by atoms with Gasteiger partial charge >= 0.3 is 0 Å². The monoisotopic (exact) mass is 220 g/mol. The largest absolute Gasteiger partial charge is 0.490 e. The molecule has 2 atom stereocenters. The van der Waals surface area contributed by atoms with Gasteiger partial charge in [0.25, 0.3) is 0 Å². The Morgan fingerprint density at radius 1 is 1.50 bits per heavy atom. The van der Waals surface area contributed by atoms with Crippen LogP contribution in [0.2, 0.25) is 0 Å². The van der Waals surface area contributed by atoms with Crippen molar-refractivity contribution in [1.82, 2.24) is 0 Å². The molecule has 0 saturated carbocycles. The van der Waals surface area contributed by atoms with Crippen LogP contribution in [-0.4, -0.2) is 17.8 Å². The van der Waals surface area contributed by atoms with Gasteiger partial charge in [-0.1, -0.05) is 31.0 Å². The molecular formula is C14H20O2. The molecule has 1 aromatic rings. The summed E-state index contributed by atoms with van der Waals surface area (Å²) in [6.45, 7) is 4.50. The molecule has 0 amide bonds. The van der Waals surface area contributed by atoms with Gasteiger partial charge in [0.15, 0.2) is 0 Å². The second-order valence-corrected chi connectivity index (χ2v) is 4.75. The minimum Gasteiger partial charge on any atom is -0.490 e. The highest BCUT2D eigenvalue weighted by atomic mass is 16.5. The quantitative estimate of drug-likeness (QED) is 0.845. The number of ether oxygens (including phenoxy) is 1. The lowest BCUT2D eigenvalue weighted by atomic mass is 9.97. The first kappa shape index (κ1) is 11.5. The van der Waals surface area contributed by atoms with Gasteiger partial charge in [-0.25, -0.2) is 0 Å². The molecule has 0 aromatic heterocycles. The fourth-order valence-corrected chi connectivity index (χ4v) is 2.32. The molecule has 0 bridgehead atoms. The molecule has 1 aliphatic rings. The van der Waals surface area contributed by atoms with Gasteiger partial charge in [0.05, 0.1) is 0 Å². The van der Waals surface area contributed by atoms with Crippen LogP contribution in [0.25, 0.3) is 0 Å². The van der Waals surface area contributed by atoms with Crippen molar-refractivity contribution in [2.24, 2.45) is 5.92 Å². The summed E-state index contributed by atoms with van der Waals surface area (Å²) in [6.07, 6.45) is 3.23. The van der Waals surface area contributed by atoms with Gasteiger partial charge in [0.1, 0.15) is 11.9 Å². The van der Waals surface area contributed by atoms with E-state index in [1.165, 1.54) is 11.1 Å². The lowest BCUT2D eigenvalue weighted by molar-refractivity contribution is 0.147. The van der Waals surface area contributed by atoms with Crippen molar-refractivity contribution < 1.29 is 9.84 Å². The Kier molecular flexibility index (Phi) is 3.49. The first-order chi connectivity index (χ1) is 7.72. The molecule has 1 N–H and O–H groups in total. The van der Waals surface area contributed by atoms with Crippen LogP contribution in [0, 0.1) is 12.8 Å². The summed E-state index contributed by atoms with van der Waals surface area (Å²) in [5, 5.41) is 9.19. The van der Waals surface area contributed by atoms with Gasteiger partial charge in [-0.15, -0.1) is 0 Å². The predicted octanol–water partition coefficient (Wildman–Crippen LogP) is 2.71. The lowest BCUT2D eigenvalue weighted by Crippen LogP contribution is -2.19. The van der Waals surface area contributed by atoms with Crippen LogP contribution >= 0.6 is 0 Å². The number of aliphatic hydroxyl groups excluding tert-OH is 1. The molecule has 2 rings (SSSR count). The second kappa shape index (κ2) is 4.88. The van der Waals surface area contributed by atoms with E-state index in [0.717, 1.165) is 25.0 Å². The molecule has 0 spiro atoms. The molecule has 1 heterocycles. The summed E-state index contributed by atoms with van der Waals surface area (Å²) in [6, 6.07) is 6.35. The van der Waals surface area contributed by atoms with E-state index in [1.54, 1.807) is 0 Å². The summed E-state index contributed by atoms with van der Waals surface area (Å²) in [7, 11) is 0. The third-order valence-electron chi connectivity index (χ3n) is 3.39. The Bertz CT molecular complexity index is 356.